The average Bonchev–Trinajstić information content (AvgIpc) is 2.86. The number of methoxy groups -OCH3 is 1. The number of ether oxygens (including phenoxy) is 2. The summed E-state index contributed by atoms with van der Waals surface area (Å²) in [5.41, 5.74) is 8.72. The van der Waals surface area contributed by atoms with E-state index in [9.17, 15) is 13.7 Å². The number of hydrogen-bond donors (Lipinski definition) is 1. The molecular weight excluding hydrogens is 450 g/mol. The number of sulfonamides is 1. The van der Waals surface area contributed by atoms with Crippen LogP contribution in [0.1, 0.15) is 22.6 Å². The lowest BCUT2D eigenvalue weighted by molar-refractivity contribution is 0.357. The van der Waals surface area contributed by atoms with Crippen molar-refractivity contribution < 1.29 is 17.9 Å². The summed E-state index contributed by atoms with van der Waals surface area (Å²) in [4.78, 5) is -0.00181. The zero-order valence-electron chi connectivity index (χ0n) is 18.3. The van der Waals surface area contributed by atoms with Gasteiger partial charge in [-0.05, 0) is 35.4 Å². The van der Waals surface area contributed by atoms with E-state index < -0.39 is 15.9 Å². The van der Waals surface area contributed by atoms with Crippen LogP contribution in [-0.2, 0) is 21.3 Å². The molecule has 0 unspecified atom stereocenters. The number of rotatable bonds is 4. The lowest BCUT2D eigenvalue weighted by Gasteiger charge is -2.38. The normalized spacial score (nSPS) is 18.5. The second-order valence-electron chi connectivity index (χ2n) is 7.91. The van der Waals surface area contributed by atoms with E-state index in [2.05, 4.69) is 6.07 Å². The first-order chi connectivity index (χ1) is 16.5. The summed E-state index contributed by atoms with van der Waals surface area (Å²) in [6.45, 7) is 0.132. The summed E-state index contributed by atoms with van der Waals surface area (Å²) in [5.74, 6) is -0.264. The largest absolute Gasteiger partial charge is 0.497 e. The molecule has 2 N–H and O–H groups in total. The van der Waals surface area contributed by atoms with Gasteiger partial charge in [0.15, 0.2) is 5.76 Å². The van der Waals surface area contributed by atoms with Gasteiger partial charge in [0.2, 0.25) is 5.88 Å². The van der Waals surface area contributed by atoms with Crippen LogP contribution >= 0.6 is 0 Å². The molecular formula is C26H21N3O4S. The van der Waals surface area contributed by atoms with Crippen LogP contribution in [0.5, 0.6) is 5.75 Å². The predicted octanol–water partition coefficient (Wildman–Crippen LogP) is 4.22. The van der Waals surface area contributed by atoms with Crippen LogP contribution in [0.4, 0.5) is 5.69 Å². The molecule has 170 valence electrons. The fraction of sp³-hybridized carbons (Fsp3) is 0.115. The summed E-state index contributed by atoms with van der Waals surface area (Å²) in [5, 5.41) is 9.93. The number of anilines is 1. The van der Waals surface area contributed by atoms with E-state index in [1.165, 1.54) is 4.31 Å². The summed E-state index contributed by atoms with van der Waals surface area (Å²) < 4.78 is 40.8. The van der Waals surface area contributed by atoms with Gasteiger partial charge in [-0.2, -0.15) is 5.26 Å². The van der Waals surface area contributed by atoms with Crippen LogP contribution in [0.2, 0.25) is 0 Å². The Labute approximate surface area is 198 Å². The Bertz CT molecular complexity index is 1470. The molecule has 2 aliphatic heterocycles. The standard InChI is InChI=1S/C26H21N3O4S/c1-32-19-13-11-18(12-14-19)23-21(15-27)26(28)33-24-20-9-5-6-10-22(20)29(34(30,31)25(23)24)16-17-7-3-2-4-8-17/h2-14,23H,16,28H2,1H3/t23-/m0/s1. The molecule has 1 atom stereocenters. The third-order valence-corrected chi connectivity index (χ3v) is 7.86. The van der Waals surface area contributed by atoms with Gasteiger partial charge in [-0.25, -0.2) is 8.42 Å². The minimum Gasteiger partial charge on any atom is -0.497 e. The third-order valence-electron chi connectivity index (χ3n) is 5.98. The van der Waals surface area contributed by atoms with E-state index in [0.717, 1.165) is 5.56 Å². The van der Waals surface area contributed by atoms with Crippen molar-refractivity contribution in [1.29, 1.82) is 5.26 Å². The molecule has 5 rings (SSSR count). The first-order valence-corrected chi connectivity index (χ1v) is 12.0. The number of nitriles is 1. The van der Waals surface area contributed by atoms with Crippen LogP contribution in [0.3, 0.4) is 0 Å². The highest BCUT2D eigenvalue weighted by atomic mass is 32.2. The topological polar surface area (TPSA) is 106 Å². The van der Waals surface area contributed by atoms with Gasteiger partial charge in [-0.3, -0.25) is 4.31 Å². The number of benzene rings is 3. The monoisotopic (exact) mass is 471 g/mol. The predicted molar refractivity (Wildman–Crippen MR) is 129 cm³/mol. The molecule has 0 saturated carbocycles. The first kappa shape index (κ1) is 21.6. The molecule has 0 fully saturated rings. The number of allylic oxidation sites excluding steroid dienone is 2. The third kappa shape index (κ3) is 3.38. The quantitative estimate of drug-likeness (QED) is 0.611. The van der Waals surface area contributed by atoms with E-state index in [0.29, 0.717) is 22.6 Å². The lowest BCUT2D eigenvalue weighted by atomic mass is 9.88. The molecule has 0 spiro atoms. The molecule has 7 nitrogen and oxygen atoms in total. The van der Waals surface area contributed by atoms with Gasteiger partial charge < -0.3 is 15.2 Å². The summed E-state index contributed by atoms with van der Waals surface area (Å²) in [6.07, 6.45) is 0. The van der Waals surface area contributed by atoms with Crippen molar-refractivity contribution in [2.75, 3.05) is 11.4 Å². The Hall–Kier alpha value is -4.22. The fourth-order valence-electron chi connectivity index (χ4n) is 4.36. The maximum Gasteiger partial charge on any atom is 0.265 e. The van der Waals surface area contributed by atoms with E-state index in [-0.39, 0.29) is 28.7 Å². The van der Waals surface area contributed by atoms with Crippen LogP contribution < -0.4 is 14.8 Å². The second-order valence-corrected chi connectivity index (χ2v) is 9.74. The Kier molecular flexibility index (Phi) is 5.27. The molecule has 2 aliphatic rings. The number of fused-ring (bicyclic) bond motifs is 2. The molecule has 34 heavy (non-hydrogen) atoms. The van der Waals surface area contributed by atoms with Gasteiger partial charge in [-0.15, -0.1) is 0 Å². The summed E-state index contributed by atoms with van der Waals surface area (Å²) in [6, 6.07) is 25.5. The average molecular weight is 472 g/mol. The fourth-order valence-corrected chi connectivity index (χ4v) is 6.27. The minimum atomic E-state index is -4.10. The number of hydrogen-bond acceptors (Lipinski definition) is 6. The van der Waals surface area contributed by atoms with Crippen molar-refractivity contribution in [1.82, 2.24) is 0 Å². The van der Waals surface area contributed by atoms with Gasteiger partial charge >= 0.3 is 0 Å². The SMILES string of the molecule is COc1ccc([C@H]2C(C#N)=C(N)OC3=C2S(=O)(=O)N(Cc2ccccc2)c2ccccc23)cc1. The van der Waals surface area contributed by atoms with E-state index in [1.807, 2.05) is 36.4 Å². The maximum atomic E-state index is 14.2. The van der Waals surface area contributed by atoms with E-state index in [4.69, 9.17) is 15.2 Å². The molecule has 3 aromatic carbocycles. The molecule has 0 radical (unpaired) electrons. The van der Waals surface area contributed by atoms with Crippen molar-refractivity contribution in [2.24, 2.45) is 5.73 Å². The number of para-hydroxylation sites is 1. The van der Waals surface area contributed by atoms with Crippen molar-refractivity contribution >= 4 is 21.5 Å². The highest BCUT2D eigenvalue weighted by molar-refractivity contribution is 7.96. The lowest BCUT2D eigenvalue weighted by Crippen LogP contribution is -2.39. The van der Waals surface area contributed by atoms with Crippen molar-refractivity contribution in [2.45, 2.75) is 12.5 Å². The molecule has 8 heteroatoms. The Balaban J connectivity index is 1.75. The zero-order chi connectivity index (χ0) is 23.9. The van der Waals surface area contributed by atoms with Crippen molar-refractivity contribution in [3.05, 3.63) is 112 Å². The Morgan fingerprint density at radius 2 is 1.71 bits per heavy atom. The van der Waals surface area contributed by atoms with Gasteiger partial charge in [-0.1, -0.05) is 54.6 Å². The molecule has 0 amide bonds. The molecule has 0 saturated heterocycles. The minimum absolute atomic E-state index is 0.00181. The van der Waals surface area contributed by atoms with Gasteiger partial charge in [0.1, 0.15) is 22.3 Å². The van der Waals surface area contributed by atoms with Crippen LogP contribution in [0.15, 0.2) is 95.2 Å². The maximum absolute atomic E-state index is 14.2. The molecule has 2 heterocycles. The molecule has 0 bridgehead atoms. The number of nitrogens with two attached hydrogens (primary N) is 1. The Morgan fingerprint density at radius 1 is 1.03 bits per heavy atom. The van der Waals surface area contributed by atoms with E-state index in [1.54, 1.807) is 49.6 Å². The summed E-state index contributed by atoms with van der Waals surface area (Å²) >= 11 is 0. The Morgan fingerprint density at radius 3 is 2.38 bits per heavy atom. The van der Waals surface area contributed by atoms with Crippen LogP contribution in [0, 0.1) is 11.3 Å². The second kappa shape index (κ2) is 8.28. The highest BCUT2D eigenvalue weighted by Gasteiger charge is 2.47. The van der Waals surface area contributed by atoms with Crippen LogP contribution in [-0.4, -0.2) is 15.5 Å². The first-order valence-electron chi connectivity index (χ1n) is 10.6. The van der Waals surface area contributed by atoms with Gasteiger partial charge in [0.05, 0.1) is 25.3 Å². The van der Waals surface area contributed by atoms with Crippen molar-refractivity contribution in [3.8, 4) is 11.8 Å². The number of nitrogens with zero attached hydrogens (tertiary/aromatic N) is 2. The molecule has 3 aromatic rings. The summed E-state index contributed by atoms with van der Waals surface area (Å²) in [7, 11) is -2.55. The smallest absolute Gasteiger partial charge is 0.265 e. The van der Waals surface area contributed by atoms with Crippen LogP contribution in [0.25, 0.3) is 5.76 Å². The zero-order valence-corrected chi connectivity index (χ0v) is 19.1. The highest BCUT2D eigenvalue weighted by Crippen LogP contribution is 2.51. The molecule has 0 aliphatic carbocycles. The van der Waals surface area contributed by atoms with Crippen molar-refractivity contribution in [3.63, 3.8) is 0 Å². The van der Waals surface area contributed by atoms with E-state index >= 15 is 0 Å². The molecule has 0 aromatic heterocycles. The van der Waals surface area contributed by atoms with Gasteiger partial charge in [0, 0.05) is 5.56 Å². The van der Waals surface area contributed by atoms with Gasteiger partial charge in [0.25, 0.3) is 10.0 Å².